The summed E-state index contributed by atoms with van der Waals surface area (Å²) in [5.41, 5.74) is 0.972. The number of aromatic hydroxyl groups is 3. The molecule has 0 saturated carbocycles. The van der Waals surface area contributed by atoms with Crippen LogP contribution in [0.3, 0.4) is 0 Å². The summed E-state index contributed by atoms with van der Waals surface area (Å²) in [5.74, 6) is -8.56. The highest BCUT2D eigenvalue weighted by Crippen LogP contribution is 2.55. The van der Waals surface area contributed by atoms with Gasteiger partial charge in [0, 0.05) is 73.1 Å². The number of benzene rings is 3. The van der Waals surface area contributed by atoms with Crippen LogP contribution in [0.25, 0.3) is 16.8 Å². The van der Waals surface area contributed by atoms with Gasteiger partial charge in [-0.05, 0) is 44.6 Å². The maximum atomic E-state index is 14.5. The third-order valence-corrected chi connectivity index (χ3v) is 12.1. The molecule has 9 atom stereocenters. The number of carbonyl (C=O) groups is 3. The zero-order valence-electron chi connectivity index (χ0n) is 37.9. The van der Waals surface area contributed by atoms with Gasteiger partial charge in [-0.3, -0.25) is 14.4 Å². The third-order valence-electron chi connectivity index (χ3n) is 12.1. The number of carbonyl (C=O) groups excluding carboxylic acids is 3. The van der Waals surface area contributed by atoms with Gasteiger partial charge < -0.3 is 54.6 Å². The zero-order valence-corrected chi connectivity index (χ0v) is 37.9. The second-order valence-corrected chi connectivity index (χ2v) is 16.8. The number of hydrogen-bond donors (Lipinski definition) is 6. The largest absolute Gasteiger partial charge is 0.507 e. The summed E-state index contributed by atoms with van der Waals surface area (Å²) in [5, 5.41) is 64.9. The van der Waals surface area contributed by atoms with E-state index in [4.69, 9.17) is 23.8 Å². The number of esters is 1. The molecule has 3 heterocycles. The number of hydrogen-bond acceptors (Lipinski definition) is 14. The van der Waals surface area contributed by atoms with Crippen LogP contribution in [0.1, 0.15) is 82.4 Å². The molecule has 3 aromatic rings. The molecule has 0 fully saturated rings. The van der Waals surface area contributed by atoms with Gasteiger partial charge in [0.1, 0.15) is 30.0 Å². The van der Waals surface area contributed by atoms with Crippen LogP contribution in [0.4, 0.5) is 5.69 Å². The lowest BCUT2D eigenvalue weighted by Gasteiger charge is -2.38. The average molecular weight is 885 g/mol. The molecule has 15 nitrogen and oxygen atoms in total. The van der Waals surface area contributed by atoms with Crippen molar-refractivity contribution < 1.29 is 63.7 Å². The molecule has 6 rings (SSSR count). The van der Waals surface area contributed by atoms with Crippen molar-refractivity contribution in [1.29, 1.82) is 0 Å². The van der Waals surface area contributed by atoms with E-state index >= 15 is 0 Å². The fourth-order valence-corrected chi connectivity index (χ4v) is 8.10. The summed E-state index contributed by atoms with van der Waals surface area (Å²) < 4.78 is 23.6. The number of nitrogens with zero attached hydrogens (tertiary/aromatic N) is 1. The molecular weight excluding hydrogens is 825 g/mol. The van der Waals surface area contributed by atoms with Crippen LogP contribution >= 0.6 is 0 Å². The minimum Gasteiger partial charge on any atom is -0.507 e. The fourth-order valence-electron chi connectivity index (χ4n) is 8.10. The van der Waals surface area contributed by atoms with Crippen LogP contribution in [0.5, 0.6) is 23.0 Å². The monoisotopic (exact) mass is 884 g/mol. The predicted molar refractivity (Wildman–Crippen MR) is 242 cm³/mol. The number of rotatable bonds is 8. The van der Waals surface area contributed by atoms with Crippen molar-refractivity contribution in [2.24, 2.45) is 28.8 Å². The average Bonchev–Trinajstić information content (AvgIpc) is 3.53. The molecule has 64 heavy (non-hydrogen) atoms. The molecule has 0 spiro atoms. The van der Waals surface area contributed by atoms with Gasteiger partial charge in [0.15, 0.2) is 5.75 Å². The van der Waals surface area contributed by atoms with Gasteiger partial charge in [-0.15, -0.1) is 0 Å². The Kier molecular flexibility index (Phi) is 15.7. The lowest BCUT2D eigenvalue weighted by molar-refractivity contribution is -0.160. The molecule has 3 aliphatic heterocycles. The van der Waals surface area contributed by atoms with E-state index in [2.05, 4.69) is 10.5 Å². The van der Waals surface area contributed by atoms with E-state index in [1.165, 1.54) is 65.4 Å². The molecule has 1 amide bonds. The van der Waals surface area contributed by atoms with E-state index in [1.54, 1.807) is 46.8 Å². The van der Waals surface area contributed by atoms with Gasteiger partial charge in [-0.25, -0.2) is 0 Å². The van der Waals surface area contributed by atoms with Crippen molar-refractivity contribution in [1.82, 2.24) is 0 Å². The predicted octanol–water partition coefficient (Wildman–Crippen LogP) is 7.40. The number of ether oxygens (including phenoxy) is 4. The molecule has 344 valence electrons. The Hall–Kier alpha value is -6.16. The topological polar surface area (TPSA) is 223 Å². The van der Waals surface area contributed by atoms with Crippen molar-refractivity contribution in [2.75, 3.05) is 19.0 Å². The Balaban J connectivity index is 1.66. The van der Waals surface area contributed by atoms with Crippen LogP contribution in [0, 0.1) is 30.6 Å². The van der Waals surface area contributed by atoms with Crippen LogP contribution in [0.15, 0.2) is 77.7 Å². The Bertz CT molecular complexity index is 2390. The lowest BCUT2D eigenvalue weighted by Crippen LogP contribution is -2.46. The lowest BCUT2D eigenvalue weighted by atomic mass is 9.78. The van der Waals surface area contributed by atoms with E-state index in [0.29, 0.717) is 12.1 Å². The quantitative estimate of drug-likeness (QED) is 0.0325. The standard InChI is InChI=1S/C49H60N2O13/c1-25-15-14-16-26(2)48(59)50-39-34(20-19-27(3)51-62-24-21-33-17-12-11-13-18-33)43(56)36-37(44(39)57)42(55)31(7)46-38(36)47(58)49(9,64-46)61-23-22-35(60-10)28(4)45(63-32(8)52)30(6)41(54)29(5)40(25)53/h11-20,22-23,25,28-30,35,40-41,45,53-57H,21,24H2,1-10H3,(H,50,59)/b15-14+,20-19+,23-22+,26-16?,51-27+. The molecule has 3 aromatic carbocycles. The van der Waals surface area contributed by atoms with Crippen molar-refractivity contribution in [3.63, 3.8) is 0 Å². The molecule has 0 saturated heterocycles. The highest BCUT2D eigenvalue weighted by Gasteiger charge is 2.50. The first-order valence-electron chi connectivity index (χ1n) is 21.2. The highest BCUT2D eigenvalue weighted by atomic mass is 16.7. The Morgan fingerprint density at radius 1 is 0.922 bits per heavy atom. The summed E-state index contributed by atoms with van der Waals surface area (Å²) >= 11 is 0. The maximum Gasteiger partial charge on any atom is 0.312 e. The molecule has 3 aliphatic rings. The number of aliphatic hydroxyl groups is 2. The van der Waals surface area contributed by atoms with Gasteiger partial charge in [-0.2, -0.15) is 0 Å². The number of phenolic OH excluding ortho intramolecular Hbond substituents is 3. The molecule has 0 radical (unpaired) electrons. The van der Waals surface area contributed by atoms with Gasteiger partial charge in [-0.1, -0.05) is 81.4 Å². The van der Waals surface area contributed by atoms with E-state index in [-0.39, 0.29) is 51.1 Å². The maximum absolute atomic E-state index is 14.5. The number of methoxy groups -OCH3 is 1. The molecular formula is C49H60N2O13. The SMILES string of the molecule is COC1/C=C/OC2(C)Oc3c(C)c(O)c4c(O)c(c(/C=C/C(C)=N/OCCc5ccccc5)c(O)c4c3C2=O)NC(=O)C(C)=C/C=C/C(C)C(O)C(C)C(O)C(C)C(OC(C)=O)C1C. The first-order valence-corrected chi connectivity index (χ1v) is 21.2. The van der Waals surface area contributed by atoms with Gasteiger partial charge >= 0.3 is 11.8 Å². The first-order chi connectivity index (χ1) is 30.2. The van der Waals surface area contributed by atoms with Crippen molar-refractivity contribution in [2.45, 2.75) is 98.9 Å². The number of oxime groups is 1. The van der Waals surface area contributed by atoms with Crippen molar-refractivity contribution in [3.05, 3.63) is 94.8 Å². The zero-order chi connectivity index (χ0) is 47.2. The molecule has 6 N–H and O–H groups in total. The van der Waals surface area contributed by atoms with Crippen LogP contribution < -0.4 is 10.1 Å². The van der Waals surface area contributed by atoms with Crippen molar-refractivity contribution in [3.8, 4) is 23.0 Å². The van der Waals surface area contributed by atoms with E-state index < -0.39 is 88.8 Å². The summed E-state index contributed by atoms with van der Waals surface area (Å²) in [6.45, 7) is 14.4. The Morgan fingerprint density at radius 2 is 1.61 bits per heavy atom. The minimum absolute atomic E-state index is 0.0375. The third kappa shape index (κ3) is 10.3. The normalized spacial score (nSPS) is 28.1. The second-order valence-electron chi connectivity index (χ2n) is 16.8. The van der Waals surface area contributed by atoms with E-state index in [1.807, 2.05) is 30.3 Å². The number of Topliss-reactive ketones (excluding diaryl/α,β-unsaturated/α-hetero) is 1. The number of aliphatic hydroxyl groups excluding tert-OH is 2. The fraction of sp³-hybridized carbons (Fsp3) is 0.429. The number of anilines is 1. The number of allylic oxidation sites excluding steroid dienone is 3. The first kappa shape index (κ1) is 48.9. The Morgan fingerprint density at radius 3 is 2.27 bits per heavy atom. The number of fused-ring (bicyclic) bond motifs is 14. The summed E-state index contributed by atoms with van der Waals surface area (Å²) in [6.07, 6.45) is 6.93. The van der Waals surface area contributed by atoms with E-state index in [9.17, 15) is 39.9 Å². The molecule has 0 aliphatic carbocycles. The molecule has 15 heteroatoms. The molecule has 0 aromatic heterocycles. The van der Waals surface area contributed by atoms with Crippen LogP contribution in [0.2, 0.25) is 0 Å². The number of nitrogens with one attached hydrogen (secondary N) is 1. The smallest absolute Gasteiger partial charge is 0.312 e. The Labute approximate surface area is 373 Å². The second kappa shape index (κ2) is 20.6. The number of amides is 1. The summed E-state index contributed by atoms with van der Waals surface area (Å²) in [7, 11) is 1.43. The number of phenols is 3. The van der Waals surface area contributed by atoms with Crippen LogP contribution in [-0.2, 0) is 35.1 Å². The highest BCUT2D eigenvalue weighted by molar-refractivity contribution is 6.23. The summed E-state index contributed by atoms with van der Waals surface area (Å²) in [4.78, 5) is 46.2. The number of ketones is 1. The van der Waals surface area contributed by atoms with Gasteiger partial charge in [0.25, 0.3) is 11.7 Å². The summed E-state index contributed by atoms with van der Waals surface area (Å²) in [6, 6.07) is 9.70. The molecule has 9 unspecified atom stereocenters. The van der Waals surface area contributed by atoms with Gasteiger partial charge in [0.2, 0.25) is 0 Å². The van der Waals surface area contributed by atoms with Crippen molar-refractivity contribution >= 4 is 45.9 Å². The molecule has 5 bridgehead atoms. The van der Waals surface area contributed by atoms with Gasteiger partial charge in [0.05, 0.1) is 46.9 Å². The minimum atomic E-state index is -2.07. The van der Waals surface area contributed by atoms with E-state index in [0.717, 1.165) is 5.56 Å². The van der Waals surface area contributed by atoms with Crippen LogP contribution in [-0.4, -0.2) is 92.8 Å².